The highest BCUT2D eigenvalue weighted by Gasteiger charge is 2.29. The van der Waals surface area contributed by atoms with Crippen molar-refractivity contribution in [1.29, 1.82) is 0 Å². The number of aromatic nitrogens is 12. The second-order valence-corrected chi connectivity index (χ2v) is 37.9. The summed E-state index contributed by atoms with van der Waals surface area (Å²) in [6.07, 6.45) is 25.5. The molecule has 0 atom stereocenters. The third-order valence-electron chi connectivity index (χ3n) is 27.7. The van der Waals surface area contributed by atoms with Crippen LogP contribution in [0.3, 0.4) is 0 Å². The summed E-state index contributed by atoms with van der Waals surface area (Å²) < 4.78 is 22.7. The molecule has 0 saturated heterocycles. The van der Waals surface area contributed by atoms with E-state index in [-0.39, 0.29) is 0 Å². The minimum absolute atomic E-state index is 0.454. The van der Waals surface area contributed by atoms with Gasteiger partial charge in [-0.3, -0.25) is 0 Å². The van der Waals surface area contributed by atoms with Crippen molar-refractivity contribution in [1.82, 2.24) is 59.8 Å². The van der Waals surface area contributed by atoms with Crippen LogP contribution in [0.2, 0.25) is 0 Å². The summed E-state index contributed by atoms with van der Waals surface area (Å²) in [5.41, 5.74) is 42.2. The average Bonchev–Trinajstić information content (AvgIpc) is 1.61. The van der Waals surface area contributed by atoms with Crippen molar-refractivity contribution in [2.45, 2.75) is 0 Å². The maximum Gasteiger partial charge on any atom is 0.530 e. The molecule has 0 saturated carbocycles. The number of fused-ring (bicyclic) bond motifs is 24. The van der Waals surface area contributed by atoms with Gasteiger partial charge in [-0.1, -0.05) is 309 Å². The predicted octanol–water partition coefficient (Wildman–Crippen LogP) is 34.4. The van der Waals surface area contributed by atoms with E-state index in [0.29, 0.717) is 17.2 Å². The standard InChI is InChI=1S/C132H87N12O3P/c1-10-31-82(32-11-1)121-97-55-61-103(133-97)124(85-37-16-4-17-38-85)109-67-73-115(139-109)130(116-74-68-110(140-116)125(86-39-18-5-19-40-86)104-62-56-98(121)134-104)91-49-28-52-94(79-91)145-148(146-95-53-29-50-92(80-95)131-117-75-69-111(141-117)126(87-41-20-6-21-42-87)105-63-57-99(135-105)122(83-33-12-2-13-34-83)100-58-64-106(136-100)127(88-43-22-7-23-44-88)112-70-76-118(131)142-112)147-96-54-30-51-93(81-96)132-119-77-71-113(143-119)128(89-45-24-8-25-46-89)107-65-59-101(137-107)123(84-35-14-3-15-36-84)102-60-66-108(138-102)129(90-47-26-9-27-48-90)114-72-78-120(132)144-114/h1-81,133,135,137,140,142,144H. The van der Waals surface area contributed by atoms with Crippen LogP contribution in [0.4, 0.5) is 0 Å². The molecule has 0 aliphatic carbocycles. The van der Waals surface area contributed by atoms with Gasteiger partial charge in [-0.2, -0.15) is 0 Å². The topological polar surface area (TPSA) is 200 Å². The fourth-order valence-electron chi connectivity index (χ4n) is 21.1. The summed E-state index contributed by atoms with van der Waals surface area (Å²) in [6.45, 7) is 0. The van der Waals surface area contributed by atoms with E-state index in [1.165, 1.54) is 0 Å². The Morgan fingerprint density at radius 2 is 0.250 bits per heavy atom. The van der Waals surface area contributed by atoms with Gasteiger partial charge in [0.25, 0.3) is 0 Å². The molecule has 0 amide bonds. The molecule has 21 aromatic rings. The molecule has 0 spiro atoms. The van der Waals surface area contributed by atoms with Crippen LogP contribution in [0.5, 0.6) is 17.2 Å². The molecule has 12 aromatic carbocycles. The fourth-order valence-corrected chi connectivity index (χ4v) is 22.1. The molecular formula is C132H87N12O3P. The Labute approximate surface area is 852 Å². The molecule has 6 N–H and O–H groups in total. The SMILES string of the molecule is C1=Cc2nc1c(-c1ccccc1)c1ccc([nH]1)c(-c1ccccc1)c1nc(c(-c3cccc(OP(Oc4cccc(-c5c6nc(c(-c7ccccc7)c7ccc([nH]7)c(-c7ccccc7)c7nc(c(-c8ccccc8)c8ccc5[nH]8)C=C7)C=C6)c4)Oc4cccc(-c5c6nc(c(-c7ccccc7)c7ccc([nH]7)c(-c7ccccc7)c7nc(c(-c8ccccc8)c8ccc5[nH]8)C=C7)C=C6)c4)c3)c3ccc([nH]3)c2-c2ccccc2)C=C1. The molecule has 6 aliphatic heterocycles. The van der Waals surface area contributed by atoms with Crippen molar-refractivity contribution >= 4 is 148 Å². The first kappa shape index (κ1) is 87.3. The molecule has 6 aliphatic rings. The summed E-state index contributed by atoms with van der Waals surface area (Å²) >= 11 is 0. The summed E-state index contributed by atoms with van der Waals surface area (Å²) in [7, 11) is -2.52. The number of aromatic amines is 6. The lowest BCUT2D eigenvalue weighted by molar-refractivity contribution is 0.388. The summed E-state index contributed by atoms with van der Waals surface area (Å²) in [6, 6.07) is 145. The third kappa shape index (κ3) is 16.5. The molecule has 16 heteroatoms. The first-order valence-corrected chi connectivity index (χ1v) is 50.5. The minimum atomic E-state index is -2.52. The highest BCUT2D eigenvalue weighted by Crippen LogP contribution is 2.50. The normalized spacial score (nSPS) is 12.2. The molecule has 0 fully saturated rings. The van der Waals surface area contributed by atoms with Gasteiger partial charge in [0.15, 0.2) is 0 Å². The number of hydrogen-bond donors (Lipinski definition) is 6. The Kier molecular flexibility index (Phi) is 22.2. The molecule has 24 bridgehead atoms. The van der Waals surface area contributed by atoms with Crippen LogP contribution < -0.4 is 13.6 Å². The second kappa shape index (κ2) is 37.6. The van der Waals surface area contributed by atoms with Gasteiger partial charge in [0.2, 0.25) is 0 Å². The Hall–Kier alpha value is -19.7. The predicted molar refractivity (Wildman–Crippen MR) is 611 cm³/mol. The summed E-state index contributed by atoms with van der Waals surface area (Å²) in [5, 5.41) is 0. The van der Waals surface area contributed by atoms with Gasteiger partial charge in [0.1, 0.15) is 17.2 Å². The number of hydrogen-bond acceptors (Lipinski definition) is 9. The fraction of sp³-hybridized carbons (Fsp3) is 0. The maximum absolute atomic E-state index is 7.57. The van der Waals surface area contributed by atoms with Crippen LogP contribution in [0.15, 0.2) is 419 Å². The zero-order chi connectivity index (χ0) is 97.9. The summed E-state index contributed by atoms with van der Waals surface area (Å²) in [5.74, 6) is 1.36. The van der Waals surface area contributed by atoms with E-state index in [4.69, 9.17) is 43.5 Å². The number of benzene rings is 12. The smallest absolute Gasteiger partial charge is 0.408 e. The van der Waals surface area contributed by atoms with Crippen LogP contribution in [0.1, 0.15) is 68.3 Å². The second-order valence-electron chi connectivity index (χ2n) is 36.9. The van der Waals surface area contributed by atoms with Gasteiger partial charge in [-0.05, 0) is 249 Å². The molecule has 9 aromatic heterocycles. The molecule has 148 heavy (non-hydrogen) atoms. The molecule has 15 nitrogen and oxygen atoms in total. The van der Waals surface area contributed by atoms with Crippen LogP contribution in [0, 0.1) is 0 Å². The zero-order valence-corrected chi connectivity index (χ0v) is 80.5. The van der Waals surface area contributed by atoms with Gasteiger partial charge in [0.05, 0.1) is 68.3 Å². The highest BCUT2D eigenvalue weighted by atomic mass is 31.2. The third-order valence-corrected chi connectivity index (χ3v) is 28.8. The van der Waals surface area contributed by atoms with Crippen LogP contribution in [0.25, 0.3) is 273 Å². The number of nitrogens with one attached hydrogen (secondary N) is 6. The molecule has 15 heterocycles. The van der Waals surface area contributed by atoms with Crippen molar-refractivity contribution < 1.29 is 13.6 Å². The van der Waals surface area contributed by atoms with Crippen LogP contribution >= 0.6 is 8.60 Å². The largest absolute Gasteiger partial charge is 0.530 e. The molecule has 698 valence electrons. The van der Waals surface area contributed by atoms with Crippen molar-refractivity contribution in [2.24, 2.45) is 0 Å². The van der Waals surface area contributed by atoms with Crippen molar-refractivity contribution in [3.63, 3.8) is 0 Å². The lowest BCUT2D eigenvalue weighted by Crippen LogP contribution is -2.03. The molecular weight excluding hydrogens is 1830 g/mol. The Bertz CT molecular complexity index is 8670. The van der Waals surface area contributed by atoms with Gasteiger partial charge >= 0.3 is 8.60 Å². The number of H-pyrrole nitrogens is 6. The Balaban J connectivity index is 0.657. The lowest BCUT2D eigenvalue weighted by Gasteiger charge is -2.19. The van der Waals surface area contributed by atoms with Gasteiger partial charge in [-0.25, -0.2) is 29.9 Å². The molecule has 27 rings (SSSR count). The van der Waals surface area contributed by atoms with Crippen LogP contribution in [-0.2, 0) is 0 Å². The van der Waals surface area contributed by atoms with Crippen molar-refractivity contribution in [2.75, 3.05) is 0 Å². The van der Waals surface area contributed by atoms with E-state index in [0.717, 1.165) is 268 Å². The first-order chi connectivity index (χ1) is 73.3. The first-order valence-electron chi connectivity index (χ1n) is 49.4. The summed E-state index contributed by atoms with van der Waals surface area (Å²) in [4.78, 5) is 57.7. The molecule has 0 unspecified atom stereocenters. The average molecular weight is 1920 g/mol. The number of nitrogens with zero attached hydrogens (tertiary/aromatic N) is 6. The van der Waals surface area contributed by atoms with E-state index < -0.39 is 8.60 Å². The Morgan fingerprint density at radius 3 is 0.385 bits per heavy atom. The van der Waals surface area contributed by atoms with E-state index >= 15 is 0 Å². The van der Waals surface area contributed by atoms with E-state index in [1.807, 2.05) is 91.0 Å². The quantitative estimate of drug-likeness (QED) is 0.0452. The van der Waals surface area contributed by atoms with Gasteiger partial charge in [-0.15, -0.1) is 0 Å². The zero-order valence-electron chi connectivity index (χ0n) is 79.6. The van der Waals surface area contributed by atoms with E-state index in [2.05, 4.69) is 430 Å². The Morgan fingerprint density at radius 1 is 0.128 bits per heavy atom. The van der Waals surface area contributed by atoms with E-state index in [1.54, 1.807) is 0 Å². The van der Waals surface area contributed by atoms with Crippen LogP contribution in [-0.4, -0.2) is 59.8 Å². The van der Waals surface area contributed by atoms with Crippen molar-refractivity contribution in [3.8, 4) is 151 Å². The number of rotatable bonds is 18. The van der Waals surface area contributed by atoms with Gasteiger partial charge < -0.3 is 43.5 Å². The van der Waals surface area contributed by atoms with E-state index in [9.17, 15) is 0 Å². The minimum Gasteiger partial charge on any atom is -0.408 e. The molecule has 0 radical (unpaired) electrons. The van der Waals surface area contributed by atoms with Crippen molar-refractivity contribution in [3.05, 3.63) is 487 Å². The highest BCUT2D eigenvalue weighted by molar-refractivity contribution is 7.43. The van der Waals surface area contributed by atoms with Gasteiger partial charge in [0, 0.05) is 133 Å². The lowest BCUT2D eigenvalue weighted by atomic mass is 10.0. The monoisotopic (exact) mass is 1920 g/mol. The maximum atomic E-state index is 7.57.